The SMILES string of the molecule is COc1cc(-n2ncc3ccccc32)c(F)cc1N. The van der Waals surface area contributed by atoms with E-state index in [4.69, 9.17) is 10.5 Å². The molecule has 2 aromatic carbocycles. The van der Waals surface area contributed by atoms with Gasteiger partial charge in [-0.25, -0.2) is 9.07 Å². The number of ether oxygens (including phenoxy) is 1. The van der Waals surface area contributed by atoms with E-state index in [9.17, 15) is 4.39 Å². The predicted octanol–water partition coefficient (Wildman–Crippen LogP) is 2.76. The number of rotatable bonds is 2. The molecule has 5 heteroatoms. The van der Waals surface area contributed by atoms with Crippen molar-refractivity contribution in [3.8, 4) is 11.4 Å². The van der Waals surface area contributed by atoms with Crippen LogP contribution in [0.1, 0.15) is 0 Å². The topological polar surface area (TPSA) is 53.1 Å². The maximum absolute atomic E-state index is 14.1. The number of aromatic nitrogens is 2. The Balaban J connectivity index is 2.27. The number of para-hydroxylation sites is 1. The minimum Gasteiger partial charge on any atom is -0.495 e. The zero-order chi connectivity index (χ0) is 13.4. The molecule has 0 radical (unpaired) electrons. The lowest BCUT2D eigenvalue weighted by Crippen LogP contribution is -2.02. The summed E-state index contributed by atoms with van der Waals surface area (Å²) in [6.07, 6.45) is 1.69. The van der Waals surface area contributed by atoms with Gasteiger partial charge in [0, 0.05) is 17.5 Å². The van der Waals surface area contributed by atoms with E-state index >= 15 is 0 Å². The smallest absolute Gasteiger partial charge is 0.151 e. The van der Waals surface area contributed by atoms with E-state index in [-0.39, 0.29) is 5.69 Å². The van der Waals surface area contributed by atoms with Gasteiger partial charge in [-0.15, -0.1) is 0 Å². The van der Waals surface area contributed by atoms with Gasteiger partial charge in [0.15, 0.2) is 5.82 Å². The van der Waals surface area contributed by atoms with Crippen LogP contribution in [0.25, 0.3) is 16.6 Å². The molecule has 0 aliphatic rings. The summed E-state index contributed by atoms with van der Waals surface area (Å²) < 4.78 is 20.7. The van der Waals surface area contributed by atoms with Gasteiger partial charge in [-0.1, -0.05) is 18.2 Å². The highest BCUT2D eigenvalue weighted by Crippen LogP contribution is 2.28. The van der Waals surface area contributed by atoms with Crippen LogP contribution in [0.2, 0.25) is 0 Å². The van der Waals surface area contributed by atoms with Crippen molar-refractivity contribution in [2.24, 2.45) is 0 Å². The van der Waals surface area contributed by atoms with E-state index in [0.29, 0.717) is 11.4 Å². The minimum atomic E-state index is -0.438. The molecule has 0 fully saturated rings. The summed E-state index contributed by atoms with van der Waals surface area (Å²) in [6.45, 7) is 0. The van der Waals surface area contributed by atoms with Crippen molar-refractivity contribution in [3.63, 3.8) is 0 Å². The molecule has 0 saturated carbocycles. The molecule has 0 saturated heterocycles. The second-order valence-electron chi connectivity index (χ2n) is 4.16. The predicted molar refractivity (Wildman–Crippen MR) is 72.0 cm³/mol. The highest BCUT2D eigenvalue weighted by Gasteiger charge is 2.13. The summed E-state index contributed by atoms with van der Waals surface area (Å²) in [5.74, 6) is -0.0110. The minimum absolute atomic E-state index is 0.264. The molecule has 19 heavy (non-hydrogen) atoms. The largest absolute Gasteiger partial charge is 0.495 e. The summed E-state index contributed by atoms with van der Waals surface area (Å²) in [7, 11) is 1.49. The van der Waals surface area contributed by atoms with Crippen LogP contribution in [0.5, 0.6) is 5.75 Å². The second kappa shape index (κ2) is 4.28. The number of hydrogen-bond donors (Lipinski definition) is 1. The molecule has 1 heterocycles. The Labute approximate surface area is 109 Å². The third kappa shape index (κ3) is 1.79. The van der Waals surface area contributed by atoms with Gasteiger partial charge in [-0.2, -0.15) is 5.10 Å². The van der Waals surface area contributed by atoms with E-state index in [0.717, 1.165) is 10.9 Å². The van der Waals surface area contributed by atoms with Crippen LogP contribution in [-0.4, -0.2) is 16.9 Å². The Hall–Kier alpha value is -2.56. The molecule has 0 aliphatic heterocycles. The van der Waals surface area contributed by atoms with Crippen LogP contribution < -0.4 is 10.5 Å². The van der Waals surface area contributed by atoms with E-state index in [2.05, 4.69) is 5.10 Å². The number of nitrogens with zero attached hydrogens (tertiary/aromatic N) is 2. The van der Waals surface area contributed by atoms with Gasteiger partial charge in [0.05, 0.1) is 24.5 Å². The maximum Gasteiger partial charge on any atom is 0.151 e. The average Bonchev–Trinajstić information content (AvgIpc) is 2.83. The lowest BCUT2D eigenvalue weighted by atomic mass is 10.2. The van der Waals surface area contributed by atoms with E-state index < -0.39 is 5.82 Å². The third-order valence-corrected chi connectivity index (χ3v) is 3.00. The molecule has 2 N–H and O–H groups in total. The summed E-state index contributed by atoms with van der Waals surface area (Å²) in [4.78, 5) is 0. The molecular weight excluding hydrogens is 245 g/mol. The Bertz CT molecular complexity index is 752. The molecule has 0 atom stereocenters. The van der Waals surface area contributed by atoms with Gasteiger partial charge in [-0.05, 0) is 6.07 Å². The zero-order valence-electron chi connectivity index (χ0n) is 10.3. The first-order chi connectivity index (χ1) is 9.20. The van der Waals surface area contributed by atoms with Crippen LogP contribution in [0.4, 0.5) is 10.1 Å². The van der Waals surface area contributed by atoms with E-state index in [1.807, 2.05) is 24.3 Å². The Morgan fingerprint density at radius 3 is 2.84 bits per heavy atom. The number of benzene rings is 2. The molecule has 3 aromatic rings. The molecule has 96 valence electrons. The molecular formula is C14H12FN3O. The molecule has 0 unspecified atom stereocenters. The Morgan fingerprint density at radius 1 is 1.26 bits per heavy atom. The summed E-state index contributed by atoms with van der Waals surface area (Å²) >= 11 is 0. The van der Waals surface area contributed by atoms with Gasteiger partial charge in [0.25, 0.3) is 0 Å². The highest BCUT2D eigenvalue weighted by molar-refractivity contribution is 5.80. The van der Waals surface area contributed by atoms with Crippen LogP contribution in [-0.2, 0) is 0 Å². The number of nitrogens with two attached hydrogens (primary N) is 1. The van der Waals surface area contributed by atoms with Gasteiger partial charge < -0.3 is 10.5 Å². The van der Waals surface area contributed by atoms with Gasteiger partial charge in [0.2, 0.25) is 0 Å². The van der Waals surface area contributed by atoms with Crippen molar-refractivity contribution < 1.29 is 9.13 Å². The lowest BCUT2D eigenvalue weighted by molar-refractivity contribution is 0.415. The van der Waals surface area contributed by atoms with E-state index in [1.165, 1.54) is 17.9 Å². The van der Waals surface area contributed by atoms with Crippen molar-refractivity contribution in [1.29, 1.82) is 0 Å². The highest BCUT2D eigenvalue weighted by atomic mass is 19.1. The van der Waals surface area contributed by atoms with Crippen LogP contribution in [0, 0.1) is 5.82 Å². The number of fused-ring (bicyclic) bond motifs is 1. The number of hydrogen-bond acceptors (Lipinski definition) is 3. The summed E-state index contributed by atoms with van der Waals surface area (Å²) in [5, 5.41) is 5.15. The van der Waals surface area contributed by atoms with Crippen LogP contribution in [0.15, 0.2) is 42.6 Å². The first-order valence-electron chi connectivity index (χ1n) is 5.77. The zero-order valence-corrected chi connectivity index (χ0v) is 10.3. The molecule has 4 nitrogen and oxygen atoms in total. The van der Waals surface area contributed by atoms with Gasteiger partial charge >= 0.3 is 0 Å². The second-order valence-corrected chi connectivity index (χ2v) is 4.16. The first-order valence-corrected chi connectivity index (χ1v) is 5.77. The normalized spacial score (nSPS) is 10.8. The van der Waals surface area contributed by atoms with Crippen molar-refractivity contribution in [3.05, 3.63) is 48.4 Å². The average molecular weight is 257 g/mol. The number of halogens is 1. The fourth-order valence-electron chi connectivity index (χ4n) is 2.06. The quantitative estimate of drug-likeness (QED) is 0.718. The summed E-state index contributed by atoms with van der Waals surface area (Å²) in [5.41, 5.74) is 7.08. The molecule has 0 spiro atoms. The number of anilines is 1. The number of methoxy groups -OCH3 is 1. The van der Waals surface area contributed by atoms with Crippen molar-refractivity contribution in [1.82, 2.24) is 9.78 Å². The molecule has 0 bridgehead atoms. The van der Waals surface area contributed by atoms with Crippen LogP contribution >= 0.6 is 0 Å². The fraction of sp³-hybridized carbons (Fsp3) is 0.0714. The fourth-order valence-corrected chi connectivity index (χ4v) is 2.06. The molecule has 0 aliphatic carbocycles. The van der Waals surface area contributed by atoms with Crippen molar-refractivity contribution in [2.45, 2.75) is 0 Å². The van der Waals surface area contributed by atoms with Crippen molar-refractivity contribution >= 4 is 16.6 Å². The molecule has 1 aromatic heterocycles. The monoisotopic (exact) mass is 257 g/mol. The Morgan fingerprint density at radius 2 is 2.05 bits per heavy atom. The maximum atomic E-state index is 14.1. The third-order valence-electron chi connectivity index (χ3n) is 3.00. The molecule has 0 amide bonds. The van der Waals surface area contributed by atoms with Gasteiger partial charge in [-0.3, -0.25) is 0 Å². The van der Waals surface area contributed by atoms with Crippen molar-refractivity contribution in [2.75, 3.05) is 12.8 Å². The first kappa shape index (κ1) is 11.5. The van der Waals surface area contributed by atoms with Crippen LogP contribution in [0.3, 0.4) is 0 Å². The standard InChI is InChI=1S/C14H12FN3O/c1-19-14-7-13(10(15)6-11(14)16)18-12-5-3-2-4-9(12)8-17-18/h2-8H,16H2,1H3. The van der Waals surface area contributed by atoms with E-state index in [1.54, 1.807) is 12.3 Å². The molecule has 3 rings (SSSR count). The Kier molecular flexibility index (Phi) is 2.59. The summed E-state index contributed by atoms with van der Waals surface area (Å²) in [6, 6.07) is 10.4. The van der Waals surface area contributed by atoms with Gasteiger partial charge in [0.1, 0.15) is 11.4 Å². The lowest BCUT2D eigenvalue weighted by Gasteiger charge is -2.10. The number of nitrogen functional groups attached to an aromatic ring is 1.